The summed E-state index contributed by atoms with van der Waals surface area (Å²) in [6.45, 7) is 5.55. The molecule has 1 N–H and O–H groups in total. The highest BCUT2D eigenvalue weighted by atomic mass is 15.1. The van der Waals surface area contributed by atoms with Crippen LogP contribution in [0.25, 0.3) is 0 Å². The van der Waals surface area contributed by atoms with Crippen LogP contribution in [0.15, 0.2) is 18.3 Å². The third kappa shape index (κ3) is 3.75. The van der Waals surface area contributed by atoms with Gasteiger partial charge in [-0.05, 0) is 58.0 Å². The number of hydrogen-bond donors (Lipinski definition) is 1. The van der Waals surface area contributed by atoms with E-state index in [1.807, 2.05) is 12.1 Å². The highest BCUT2D eigenvalue weighted by molar-refractivity contribution is 4.98. The first-order valence-electron chi connectivity index (χ1n) is 6.44. The summed E-state index contributed by atoms with van der Waals surface area (Å²) in [6, 6.07) is 4.51. The van der Waals surface area contributed by atoms with Gasteiger partial charge in [-0.3, -0.25) is 0 Å². The van der Waals surface area contributed by atoms with E-state index in [4.69, 9.17) is 0 Å². The van der Waals surface area contributed by atoms with Crippen molar-refractivity contribution in [1.29, 1.82) is 0 Å². The minimum Gasteiger partial charge on any atom is -0.308 e. The topological polar surface area (TPSA) is 41.1 Å². The SMILES string of the molecule is CC(NCc1cccnn1)C1CCN(C)CC1. The summed E-state index contributed by atoms with van der Waals surface area (Å²) >= 11 is 0. The molecular weight excluding hydrogens is 212 g/mol. The van der Waals surface area contributed by atoms with Crippen LogP contribution in [0.3, 0.4) is 0 Å². The molecule has 0 radical (unpaired) electrons. The first-order chi connectivity index (χ1) is 8.25. The van der Waals surface area contributed by atoms with Gasteiger partial charge in [0.15, 0.2) is 0 Å². The molecule has 1 unspecified atom stereocenters. The summed E-state index contributed by atoms with van der Waals surface area (Å²) in [5.41, 5.74) is 1.02. The van der Waals surface area contributed by atoms with Gasteiger partial charge in [0.1, 0.15) is 0 Å². The molecule has 1 aliphatic rings. The molecule has 4 heteroatoms. The molecule has 1 aromatic heterocycles. The average Bonchev–Trinajstić information content (AvgIpc) is 2.38. The predicted molar refractivity (Wildman–Crippen MR) is 68.6 cm³/mol. The lowest BCUT2D eigenvalue weighted by Crippen LogP contribution is -2.40. The van der Waals surface area contributed by atoms with Crippen LogP contribution in [0.5, 0.6) is 0 Å². The normalized spacial score (nSPS) is 20.4. The van der Waals surface area contributed by atoms with Crippen LogP contribution < -0.4 is 5.32 Å². The minimum atomic E-state index is 0.561. The zero-order valence-electron chi connectivity index (χ0n) is 10.8. The Hall–Kier alpha value is -1.00. The number of hydrogen-bond acceptors (Lipinski definition) is 4. The van der Waals surface area contributed by atoms with Crippen molar-refractivity contribution >= 4 is 0 Å². The smallest absolute Gasteiger partial charge is 0.0769 e. The average molecular weight is 234 g/mol. The molecule has 0 aliphatic carbocycles. The zero-order valence-corrected chi connectivity index (χ0v) is 10.8. The van der Waals surface area contributed by atoms with Crippen LogP contribution in [-0.4, -0.2) is 41.3 Å². The molecule has 0 amide bonds. The summed E-state index contributed by atoms with van der Waals surface area (Å²) in [7, 11) is 2.20. The standard InChI is InChI=1S/C13H22N4/c1-11(12-5-8-17(2)9-6-12)14-10-13-4-3-7-15-16-13/h3-4,7,11-12,14H,5-6,8-10H2,1-2H3. The highest BCUT2D eigenvalue weighted by Gasteiger charge is 2.21. The molecule has 1 aromatic rings. The predicted octanol–water partition coefficient (Wildman–Crippen LogP) is 1.30. The van der Waals surface area contributed by atoms with E-state index in [9.17, 15) is 0 Å². The lowest BCUT2D eigenvalue weighted by atomic mass is 9.90. The van der Waals surface area contributed by atoms with Gasteiger partial charge in [-0.1, -0.05) is 0 Å². The molecule has 2 rings (SSSR count). The third-order valence-electron chi connectivity index (χ3n) is 3.70. The van der Waals surface area contributed by atoms with E-state index >= 15 is 0 Å². The number of nitrogens with zero attached hydrogens (tertiary/aromatic N) is 3. The van der Waals surface area contributed by atoms with E-state index in [-0.39, 0.29) is 0 Å². The lowest BCUT2D eigenvalue weighted by molar-refractivity contribution is 0.189. The molecule has 0 spiro atoms. The van der Waals surface area contributed by atoms with Crippen molar-refractivity contribution in [2.45, 2.75) is 32.4 Å². The Balaban J connectivity index is 1.75. The van der Waals surface area contributed by atoms with Crippen molar-refractivity contribution in [1.82, 2.24) is 20.4 Å². The van der Waals surface area contributed by atoms with Gasteiger partial charge in [-0.2, -0.15) is 10.2 Å². The van der Waals surface area contributed by atoms with Crippen molar-refractivity contribution < 1.29 is 0 Å². The van der Waals surface area contributed by atoms with Crippen LogP contribution in [0.4, 0.5) is 0 Å². The number of aromatic nitrogens is 2. The summed E-state index contributed by atoms with van der Waals surface area (Å²) in [4.78, 5) is 2.41. The zero-order chi connectivity index (χ0) is 12.1. The Kier molecular flexibility index (Phi) is 4.45. The van der Waals surface area contributed by atoms with E-state index < -0.39 is 0 Å². The Bertz CT molecular complexity index is 319. The number of piperidine rings is 1. The molecule has 94 valence electrons. The van der Waals surface area contributed by atoms with E-state index in [1.54, 1.807) is 6.20 Å². The lowest BCUT2D eigenvalue weighted by Gasteiger charge is -2.33. The van der Waals surface area contributed by atoms with E-state index in [0.29, 0.717) is 6.04 Å². The van der Waals surface area contributed by atoms with Gasteiger partial charge in [0.25, 0.3) is 0 Å². The van der Waals surface area contributed by atoms with Gasteiger partial charge in [0.05, 0.1) is 5.69 Å². The quantitative estimate of drug-likeness (QED) is 0.852. The summed E-state index contributed by atoms with van der Waals surface area (Å²) in [5.74, 6) is 0.794. The molecule has 2 heterocycles. The number of rotatable bonds is 4. The van der Waals surface area contributed by atoms with Gasteiger partial charge in [0, 0.05) is 18.8 Å². The molecule has 0 saturated carbocycles. The largest absolute Gasteiger partial charge is 0.308 e. The van der Waals surface area contributed by atoms with Gasteiger partial charge < -0.3 is 10.2 Å². The van der Waals surface area contributed by atoms with E-state index in [0.717, 1.165) is 18.2 Å². The Morgan fingerprint density at radius 2 is 2.24 bits per heavy atom. The van der Waals surface area contributed by atoms with Crippen molar-refractivity contribution in [3.63, 3.8) is 0 Å². The van der Waals surface area contributed by atoms with Crippen LogP contribution in [0, 0.1) is 5.92 Å². The molecule has 0 bridgehead atoms. The van der Waals surface area contributed by atoms with Crippen molar-refractivity contribution in [2.75, 3.05) is 20.1 Å². The Labute approximate surface area is 103 Å². The molecule has 17 heavy (non-hydrogen) atoms. The fraction of sp³-hybridized carbons (Fsp3) is 0.692. The first kappa shape index (κ1) is 12.5. The van der Waals surface area contributed by atoms with Crippen LogP contribution in [0.2, 0.25) is 0 Å². The van der Waals surface area contributed by atoms with Gasteiger partial charge in [-0.15, -0.1) is 0 Å². The molecule has 1 fully saturated rings. The second-order valence-electron chi connectivity index (χ2n) is 5.03. The second-order valence-corrected chi connectivity index (χ2v) is 5.03. The van der Waals surface area contributed by atoms with Gasteiger partial charge >= 0.3 is 0 Å². The molecule has 4 nitrogen and oxygen atoms in total. The fourth-order valence-corrected chi connectivity index (χ4v) is 2.39. The van der Waals surface area contributed by atoms with Crippen molar-refractivity contribution in [2.24, 2.45) is 5.92 Å². The Morgan fingerprint density at radius 1 is 1.47 bits per heavy atom. The maximum Gasteiger partial charge on any atom is 0.0769 e. The van der Waals surface area contributed by atoms with Crippen molar-refractivity contribution in [3.05, 3.63) is 24.0 Å². The number of likely N-dealkylation sites (tertiary alicyclic amines) is 1. The third-order valence-corrected chi connectivity index (χ3v) is 3.70. The van der Waals surface area contributed by atoms with E-state index in [2.05, 4.69) is 34.4 Å². The second kappa shape index (κ2) is 6.07. The van der Waals surface area contributed by atoms with Crippen LogP contribution in [0.1, 0.15) is 25.5 Å². The first-order valence-corrected chi connectivity index (χ1v) is 6.44. The molecule has 1 saturated heterocycles. The molecule has 1 aliphatic heterocycles. The van der Waals surface area contributed by atoms with E-state index in [1.165, 1.54) is 25.9 Å². The minimum absolute atomic E-state index is 0.561. The summed E-state index contributed by atoms with van der Waals surface area (Å²) in [5, 5.41) is 11.5. The number of nitrogens with one attached hydrogen (secondary N) is 1. The fourth-order valence-electron chi connectivity index (χ4n) is 2.39. The van der Waals surface area contributed by atoms with Gasteiger partial charge in [-0.25, -0.2) is 0 Å². The molecule has 1 atom stereocenters. The molecular formula is C13H22N4. The van der Waals surface area contributed by atoms with Crippen LogP contribution in [-0.2, 0) is 6.54 Å². The van der Waals surface area contributed by atoms with Crippen LogP contribution >= 0.6 is 0 Å². The van der Waals surface area contributed by atoms with Crippen molar-refractivity contribution in [3.8, 4) is 0 Å². The summed E-state index contributed by atoms with van der Waals surface area (Å²) < 4.78 is 0. The highest BCUT2D eigenvalue weighted by Crippen LogP contribution is 2.19. The Morgan fingerprint density at radius 3 is 2.88 bits per heavy atom. The van der Waals surface area contributed by atoms with Gasteiger partial charge in [0.2, 0.25) is 0 Å². The maximum atomic E-state index is 4.09. The monoisotopic (exact) mass is 234 g/mol. The maximum absolute atomic E-state index is 4.09. The molecule has 0 aromatic carbocycles. The summed E-state index contributed by atoms with van der Waals surface area (Å²) in [6.07, 6.45) is 4.31.